The van der Waals surface area contributed by atoms with Gasteiger partial charge in [0.2, 0.25) is 10.0 Å². The van der Waals surface area contributed by atoms with Crippen LogP contribution in [-0.2, 0) is 37.4 Å². The molecule has 18 nitrogen and oxygen atoms in total. The molecule has 1 unspecified atom stereocenters. The van der Waals surface area contributed by atoms with Gasteiger partial charge in [0.25, 0.3) is 5.56 Å². The van der Waals surface area contributed by atoms with E-state index in [1.165, 1.54) is 35.3 Å². The summed E-state index contributed by atoms with van der Waals surface area (Å²) >= 11 is 0. The van der Waals surface area contributed by atoms with Crippen molar-refractivity contribution in [1.82, 2.24) is 19.6 Å². The van der Waals surface area contributed by atoms with Crippen molar-refractivity contribution in [3.8, 4) is 28.8 Å². The summed E-state index contributed by atoms with van der Waals surface area (Å²) < 4.78 is 55.2. The molecular formula is C34H30CrN10NaO8S2. The Labute approximate surface area is 353 Å². The third kappa shape index (κ3) is 10.3. The first kappa shape index (κ1) is 45.4. The summed E-state index contributed by atoms with van der Waals surface area (Å²) in [4.78, 5) is 11.9. The first-order valence-corrected chi connectivity index (χ1v) is 18.6. The van der Waals surface area contributed by atoms with Gasteiger partial charge in [-0.15, -0.1) is 10.2 Å². The van der Waals surface area contributed by atoms with Gasteiger partial charge in [-0.2, -0.15) is 15.3 Å². The summed E-state index contributed by atoms with van der Waals surface area (Å²) in [7, 11) is -8.28. The smallest absolute Gasteiger partial charge is 0.871 e. The molecule has 283 valence electrons. The van der Waals surface area contributed by atoms with Gasteiger partial charge >= 0.3 is 46.9 Å². The summed E-state index contributed by atoms with van der Waals surface area (Å²) in [5.41, 5.74) is 1.84. The van der Waals surface area contributed by atoms with E-state index >= 15 is 0 Å². The molecule has 0 saturated carbocycles. The van der Waals surface area contributed by atoms with Gasteiger partial charge in [0.05, 0.1) is 39.0 Å². The fraction of sp³-hybridized carbons (Fsp3) is 0.118. The first-order valence-electron chi connectivity index (χ1n) is 15.5. The number of benzene rings is 4. The predicted octanol–water partition coefficient (Wildman–Crippen LogP) is 1.51. The minimum Gasteiger partial charge on any atom is -0.871 e. The van der Waals surface area contributed by atoms with Gasteiger partial charge in [-0.3, -0.25) is 18.9 Å². The van der Waals surface area contributed by atoms with Crippen molar-refractivity contribution in [1.29, 1.82) is 4.78 Å². The monoisotopic (exact) mass is 845 g/mol. The standard InChI is InChI=1S/2C17H17N5O4S.Cr.Na/c2*1-10-8-13(14(23)9-15(10)27(18,25)26)19-20-16-11(2)21-22(17(16)24)12-6-4-3-5-7-12;;/h3-9,23-24H,1-2H3,(H2,18,25,26);3-9,21,23H,1-2H3,(H2,18,25,26);;/q;;+3;+1/p-4. The van der Waals surface area contributed by atoms with Gasteiger partial charge in [0.15, 0.2) is 5.69 Å². The molecule has 0 fully saturated rings. The van der Waals surface area contributed by atoms with Crippen LogP contribution in [0.2, 0.25) is 0 Å². The van der Waals surface area contributed by atoms with E-state index in [-0.39, 0.29) is 90.6 Å². The number of aryl methyl sites for hydroxylation is 4. The number of aromatic amines is 1. The first-order chi connectivity index (χ1) is 25.4. The Morgan fingerprint density at radius 3 is 1.70 bits per heavy atom. The van der Waals surface area contributed by atoms with Crippen molar-refractivity contribution in [3.63, 3.8) is 0 Å². The van der Waals surface area contributed by atoms with E-state index in [0.29, 0.717) is 22.8 Å². The molecule has 0 aliphatic carbocycles. The molecule has 2 aromatic heterocycles. The van der Waals surface area contributed by atoms with Crippen LogP contribution in [-0.4, -0.2) is 36.7 Å². The molecule has 6 rings (SSSR count). The van der Waals surface area contributed by atoms with Gasteiger partial charge < -0.3 is 19.9 Å². The molecule has 6 aromatic rings. The molecule has 0 saturated heterocycles. The van der Waals surface area contributed by atoms with Crippen molar-refractivity contribution >= 4 is 42.8 Å². The van der Waals surface area contributed by atoms with Gasteiger partial charge in [0, 0.05) is 20.8 Å². The van der Waals surface area contributed by atoms with Crippen LogP contribution in [0.25, 0.3) is 11.4 Å². The molecule has 4 aromatic carbocycles. The quantitative estimate of drug-likeness (QED) is 0.148. The number of H-pyrrole nitrogens is 1. The molecule has 56 heavy (non-hydrogen) atoms. The van der Waals surface area contributed by atoms with Crippen LogP contribution < -0.4 is 55.6 Å². The Morgan fingerprint density at radius 2 is 1.20 bits per heavy atom. The molecule has 22 heteroatoms. The summed E-state index contributed by atoms with van der Waals surface area (Å²) in [5, 5.41) is 64.1. The van der Waals surface area contributed by atoms with Gasteiger partial charge in [-0.1, -0.05) is 54.0 Å². The van der Waals surface area contributed by atoms with Crippen LogP contribution in [0.15, 0.2) is 120 Å². The summed E-state index contributed by atoms with van der Waals surface area (Å²) in [6, 6.07) is 21.9. The molecule has 0 aliphatic heterocycles. The molecule has 0 amide bonds. The number of rotatable bonds is 8. The molecule has 4 N–H and O–H groups in total. The maximum Gasteiger partial charge on any atom is 3.00 e. The predicted molar refractivity (Wildman–Crippen MR) is 190 cm³/mol. The Balaban J connectivity index is 0.000000290. The number of nitrogens with one attached hydrogen (secondary N) is 2. The van der Waals surface area contributed by atoms with Crippen LogP contribution in [0, 0.1) is 32.5 Å². The second kappa shape index (κ2) is 18.3. The number of nitrogens with zero attached hydrogens (tertiary/aromatic N) is 7. The Bertz CT molecular complexity index is 2720. The summed E-state index contributed by atoms with van der Waals surface area (Å²) in [6.07, 6.45) is 0. The maximum atomic E-state index is 12.6. The molecule has 0 aliphatic rings. The average Bonchev–Trinajstić information content (AvgIpc) is 3.57. The second-order valence-electron chi connectivity index (χ2n) is 11.7. The molecule has 0 bridgehead atoms. The van der Waals surface area contributed by atoms with Crippen molar-refractivity contribution in [3.05, 3.63) is 118 Å². The van der Waals surface area contributed by atoms with Crippen molar-refractivity contribution in [2.45, 2.75) is 37.5 Å². The van der Waals surface area contributed by atoms with Crippen LogP contribution in [0.4, 0.5) is 22.7 Å². The SMILES string of the molecule is Cc1cc(N=Nc2c(C)[nH]n(-c3ccccc3)c2=O)c([O-])cc1S(N)(=O)=O.Cc1cc(N=Nc2c(C)nn(-c3ccccc3)c2[O-])c([O-])cc1S(=N)(=O)[O-].[Cr+3].[Na+]. The number of azo groups is 2. The van der Waals surface area contributed by atoms with Crippen LogP contribution >= 0.6 is 0 Å². The van der Waals surface area contributed by atoms with Crippen LogP contribution in [0.1, 0.15) is 22.5 Å². The number of hydrogen-bond acceptors (Lipinski definition) is 14. The minimum atomic E-state index is -4.27. The van der Waals surface area contributed by atoms with E-state index in [1.54, 1.807) is 62.4 Å². The fourth-order valence-electron chi connectivity index (χ4n) is 5.04. The third-order valence-corrected chi connectivity index (χ3v) is 9.74. The normalized spacial score (nSPS) is 12.4. The summed E-state index contributed by atoms with van der Waals surface area (Å²) in [5.74, 6) is -1.86. The Morgan fingerprint density at radius 1 is 0.732 bits per heavy atom. The zero-order chi connectivity index (χ0) is 39.5. The number of para-hydroxylation sites is 2. The number of nitrogens with two attached hydrogens (primary N) is 1. The number of sulfonamides is 1. The Hall–Kier alpha value is -4.95. The van der Waals surface area contributed by atoms with Gasteiger partial charge in [-0.25, -0.2) is 22.9 Å². The Kier molecular flexibility index (Phi) is 14.9. The number of hydrogen-bond donors (Lipinski definition) is 3. The summed E-state index contributed by atoms with van der Waals surface area (Å²) in [6.45, 7) is 6.18. The molecule has 1 radical (unpaired) electrons. The molecule has 0 spiro atoms. The zero-order valence-electron chi connectivity index (χ0n) is 30.3. The van der Waals surface area contributed by atoms with E-state index in [1.807, 2.05) is 12.1 Å². The molecular weight excluding hydrogens is 816 g/mol. The van der Waals surface area contributed by atoms with Crippen molar-refractivity contribution in [2.75, 3.05) is 0 Å². The third-order valence-electron chi connectivity index (χ3n) is 7.67. The largest absolute Gasteiger partial charge is 3.00 e. The molecule has 2 heterocycles. The topological polar surface area (TPSA) is 298 Å². The minimum absolute atomic E-state index is 0. The van der Waals surface area contributed by atoms with Crippen molar-refractivity contribution in [2.24, 2.45) is 25.6 Å². The maximum absolute atomic E-state index is 12.6. The fourth-order valence-corrected chi connectivity index (χ4v) is 6.56. The number of primary sulfonamides is 1. The van der Waals surface area contributed by atoms with Crippen LogP contribution in [0.5, 0.6) is 17.4 Å². The van der Waals surface area contributed by atoms with E-state index in [9.17, 15) is 37.3 Å². The van der Waals surface area contributed by atoms with E-state index in [2.05, 4.69) is 30.7 Å². The average molecular weight is 846 g/mol. The van der Waals surface area contributed by atoms with Gasteiger partial charge in [0.1, 0.15) is 5.69 Å². The van der Waals surface area contributed by atoms with E-state index < -0.39 is 43.0 Å². The van der Waals surface area contributed by atoms with Gasteiger partial charge in [-0.05, 0) is 81.3 Å². The second-order valence-corrected chi connectivity index (χ2v) is 14.6. The molecule has 1 atom stereocenters. The number of aromatic nitrogens is 4. The van der Waals surface area contributed by atoms with E-state index in [4.69, 9.17) is 9.92 Å². The van der Waals surface area contributed by atoms with E-state index in [0.717, 1.165) is 12.1 Å². The van der Waals surface area contributed by atoms with Crippen molar-refractivity contribution < 1.29 is 79.4 Å². The zero-order valence-corrected chi connectivity index (χ0v) is 35.2. The van der Waals surface area contributed by atoms with Crippen LogP contribution in [0.3, 0.4) is 0 Å².